The lowest BCUT2D eigenvalue weighted by atomic mass is 9.84. The van der Waals surface area contributed by atoms with Crippen LogP contribution in [0.15, 0.2) is 72.8 Å². The summed E-state index contributed by atoms with van der Waals surface area (Å²) in [7, 11) is 0. The molecule has 0 aromatic heterocycles. The average Bonchev–Trinajstić information content (AvgIpc) is 3.42. The second-order valence-electron chi connectivity index (χ2n) is 12.5. The molecule has 2 aliphatic carbocycles. The summed E-state index contributed by atoms with van der Waals surface area (Å²) in [6, 6.07) is 19.3. The van der Waals surface area contributed by atoms with Crippen LogP contribution in [0.3, 0.4) is 0 Å². The van der Waals surface area contributed by atoms with E-state index in [1.54, 1.807) is 37.3 Å². The van der Waals surface area contributed by atoms with Gasteiger partial charge in [-0.2, -0.15) is 0 Å². The molecular weight excluding hydrogens is 626 g/mol. The highest BCUT2D eigenvalue weighted by molar-refractivity contribution is 6.25. The van der Waals surface area contributed by atoms with Crippen LogP contribution in [0.5, 0.6) is 0 Å². The van der Waals surface area contributed by atoms with Gasteiger partial charge in [0.1, 0.15) is 12.6 Å². The van der Waals surface area contributed by atoms with Crippen molar-refractivity contribution in [3.8, 4) is 11.1 Å². The minimum Gasteiger partial charge on any atom is -0.465 e. The van der Waals surface area contributed by atoms with E-state index < -0.39 is 48.4 Å². The van der Waals surface area contributed by atoms with Gasteiger partial charge < -0.3 is 30.5 Å². The first-order valence-electron chi connectivity index (χ1n) is 16.9. The number of rotatable bonds is 15. The quantitative estimate of drug-likeness (QED) is 0.140. The van der Waals surface area contributed by atoms with Gasteiger partial charge in [0, 0.05) is 11.1 Å². The summed E-state index contributed by atoms with van der Waals surface area (Å²) in [6.07, 6.45) is 3.49. The molecule has 0 spiro atoms. The molecule has 5 rings (SSSR count). The number of amides is 3. The number of aliphatic hydroxyl groups is 1. The Morgan fingerprint density at radius 2 is 1.53 bits per heavy atom. The van der Waals surface area contributed by atoms with Crippen LogP contribution in [-0.2, 0) is 30.5 Å². The summed E-state index contributed by atoms with van der Waals surface area (Å²) in [5, 5.41) is 19.0. The van der Waals surface area contributed by atoms with E-state index in [-0.39, 0.29) is 37.1 Å². The van der Waals surface area contributed by atoms with Crippen LogP contribution in [0.25, 0.3) is 11.1 Å². The van der Waals surface area contributed by atoms with E-state index in [1.807, 2.05) is 42.5 Å². The first-order chi connectivity index (χ1) is 23.8. The predicted molar refractivity (Wildman–Crippen MR) is 181 cm³/mol. The van der Waals surface area contributed by atoms with Gasteiger partial charge in [0.15, 0.2) is 11.9 Å². The Bertz CT molecular complexity index is 1650. The first kappa shape index (κ1) is 35.4. The van der Waals surface area contributed by atoms with Crippen molar-refractivity contribution < 1.29 is 38.6 Å². The standard InChI is InChI=1S/C38H43N3O8/c1-2-49-32(42)21-39-38(47)35(44)31(23-48-22-25-14-7-4-8-15-25)41-37(46)30(20-24-12-5-3-6-13-24)40-36(45)29-19-11-18-27-26-16-9-10-17-28(26)34(43)33(27)29/h4,7-11,14-19,24,30-31,35,44H,2-3,5-6,12-13,20-23H2,1H3,(H,39,47)(H,40,45)(H,41,46)/t30-,31-,35?/m0/s1. The van der Waals surface area contributed by atoms with Crippen molar-refractivity contribution in [1.29, 1.82) is 0 Å². The predicted octanol–water partition coefficient (Wildman–Crippen LogP) is 3.71. The number of esters is 1. The largest absolute Gasteiger partial charge is 0.465 e. The van der Waals surface area contributed by atoms with Gasteiger partial charge in [-0.25, -0.2) is 0 Å². The number of carbonyl (C=O) groups is 5. The van der Waals surface area contributed by atoms with Crippen LogP contribution < -0.4 is 16.0 Å². The minimum atomic E-state index is -1.78. The Hall–Kier alpha value is -4.87. The van der Waals surface area contributed by atoms with Crippen LogP contribution in [0.2, 0.25) is 0 Å². The second-order valence-corrected chi connectivity index (χ2v) is 12.5. The van der Waals surface area contributed by atoms with E-state index in [9.17, 15) is 29.1 Å². The zero-order chi connectivity index (χ0) is 34.8. The van der Waals surface area contributed by atoms with Gasteiger partial charge in [-0.3, -0.25) is 24.0 Å². The van der Waals surface area contributed by atoms with Crippen LogP contribution in [0, 0.1) is 5.92 Å². The van der Waals surface area contributed by atoms with E-state index in [2.05, 4.69) is 16.0 Å². The van der Waals surface area contributed by atoms with Crippen molar-refractivity contribution in [3.05, 3.63) is 95.1 Å². The molecule has 3 aromatic rings. The number of hydrogen-bond donors (Lipinski definition) is 4. The number of fused-ring (bicyclic) bond motifs is 3. The van der Waals surface area contributed by atoms with Crippen molar-refractivity contribution in [3.63, 3.8) is 0 Å². The Kier molecular flexibility index (Phi) is 12.3. The maximum Gasteiger partial charge on any atom is 0.325 e. The highest BCUT2D eigenvalue weighted by Crippen LogP contribution is 2.38. The highest BCUT2D eigenvalue weighted by atomic mass is 16.5. The van der Waals surface area contributed by atoms with Gasteiger partial charge in [0.05, 0.1) is 31.4 Å². The van der Waals surface area contributed by atoms with E-state index in [0.29, 0.717) is 23.1 Å². The summed E-state index contributed by atoms with van der Waals surface area (Å²) in [6.45, 7) is 1.22. The first-order valence-corrected chi connectivity index (χ1v) is 16.9. The summed E-state index contributed by atoms with van der Waals surface area (Å²) >= 11 is 0. The van der Waals surface area contributed by atoms with Gasteiger partial charge >= 0.3 is 5.97 Å². The maximum absolute atomic E-state index is 14.0. The highest BCUT2D eigenvalue weighted by Gasteiger charge is 2.35. The third-order valence-corrected chi connectivity index (χ3v) is 9.01. The normalized spacial score (nSPS) is 15.7. The molecule has 1 unspecified atom stereocenters. The van der Waals surface area contributed by atoms with Crippen molar-refractivity contribution in [2.24, 2.45) is 5.92 Å². The fourth-order valence-corrected chi connectivity index (χ4v) is 6.52. The monoisotopic (exact) mass is 669 g/mol. The van der Waals surface area contributed by atoms with Crippen molar-refractivity contribution >= 4 is 29.5 Å². The van der Waals surface area contributed by atoms with Gasteiger partial charge in [0.25, 0.3) is 11.8 Å². The molecule has 3 amide bonds. The molecule has 3 aromatic carbocycles. The molecule has 3 atom stereocenters. The van der Waals surface area contributed by atoms with Gasteiger partial charge in [-0.15, -0.1) is 0 Å². The third kappa shape index (κ3) is 8.98. The van der Waals surface area contributed by atoms with Gasteiger partial charge in [0.2, 0.25) is 5.91 Å². The number of nitrogens with one attached hydrogen (secondary N) is 3. The van der Waals surface area contributed by atoms with Crippen LogP contribution in [-0.4, -0.2) is 72.5 Å². The summed E-state index contributed by atoms with van der Waals surface area (Å²) < 4.78 is 10.7. The van der Waals surface area contributed by atoms with Crippen LogP contribution >= 0.6 is 0 Å². The SMILES string of the molecule is CCOC(=O)CNC(=O)C(O)[C@H](COCc1ccccc1)NC(=O)[C@H](CC1CCCCC1)NC(=O)c1cccc2c1C(=O)c1ccccc1-2. The van der Waals surface area contributed by atoms with E-state index in [0.717, 1.165) is 43.2 Å². The Morgan fingerprint density at radius 1 is 0.837 bits per heavy atom. The summed E-state index contributed by atoms with van der Waals surface area (Å²) in [5.74, 6) is -2.83. The number of ketones is 1. The molecule has 258 valence electrons. The molecule has 0 bridgehead atoms. The van der Waals surface area contributed by atoms with Crippen molar-refractivity contribution in [2.45, 2.75) is 70.2 Å². The maximum atomic E-state index is 14.0. The number of benzene rings is 3. The summed E-state index contributed by atoms with van der Waals surface area (Å²) in [5.41, 5.74) is 3.24. The number of hydrogen-bond acceptors (Lipinski definition) is 8. The lowest BCUT2D eigenvalue weighted by molar-refractivity contribution is -0.145. The van der Waals surface area contributed by atoms with Crippen LogP contribution in [0.1, 0.15) is 77.3 Å². The lowest BCUT2D eigenvalue weighted by Gasteiger charge is -2.29. The molecule has 1 fully saturated rings. The fraction of sp³-hybridized carbons (Fsp3) is 0.395. The zero-order valence-electron chi connectivity index (χ0n) is 27.6. The average molecular weight is 670 g/mol. The molecule has 4 N–H and O–H groups in total. The molecular formula is C38H43N3O8. The second kappa shape index (κ2) is 17.0. The van der Waals surface area contributed by atoms with Gasteiger partial charge in [-0.05, 0) is 42.0 Å². The molecule has 0 aliphatic heterocycles. The van der Waals surface area contributed by atoms with Crippen molar-refractivity contribution in [1.82, 2.24) is 16.0 Å². The Labute approximate surface area is 285 Å². The number of ether oxygens (including phenoxy) is 2. The van der Waals surface area contributed by atoms with E-state index >= 15 is 0 Å². The number of aliphatic hydroxyl groups excluding tert-OH is 1. The molecule has 0 radical (unpaired) electrons. The Morgan fingerprint density at radius 3 is 2.27 bits per heavy atom. The third-order valence-electron chi connectivity index (χ3n) is 9.01. The smallest absolute Gasteiger partial charge is 0.325 e. The van der Waals surface area contributed by atoms with Crippen LogP contribution in [0.4, 0.5) is 0 Å². The molecule has 2 aliphatic rings. The lowest BCUT2D eigenvalue weighted by Crippen LogP contribution is -2.57. The zero-order valence-corrected chi connectivity index (χ0v) is 27.6. The number of carbonyl (C=O) groups excluding carboxylic acids is 5. The van der Waals surface area contributed by atoms with E-state index in [1.165, 1.54) is 0 Å². The summed E-state index contributed by atoms with van der Waals surface area (Å²) in [4.78, 5) is 66.0. The molecule has 0 heterocycles. The Balaban J connectivity index is 1.35. The topological polar surface area (TPSA) is 160 Å². The van der Waals surface area contributed by atoms with E-state index in [4.69, 9.17) is 9.47 Å². The molecule has 11 heteroatoms. The molecule has 11 nitrogen and oxygen atoms in total. The molecule has 49 heavy (non-hydrogen) atoms. The fourth-order valence-electron chi connectivity index (χ4n) is 6.52. The van der Waals surface area contributed by atoms with Gasteiger partial charge in [-0.1, -0.05) is 98.8 Å². The molecule has 1 saturated carbocycles. The minimum absolute atomic E-state index is 0.129. The molecule has 0 saturated heterocycles. The van der Waals surface area contributed by atoms with Crippen molar-refractivity contribution in [2.75, 3.05) is 19.8 Å².